The molecule has 6 aromatic rings. The van der Waals surface area contributed by atoms with Crippen molar-refractivity contribution in [1.29, 1.82) is 0 Å². The number of para-hydroxylation sites is 1. The molecule has 3 heterocycles. The molecule has 5 aromatic carbocycles. The Morgan fingerprint density at radius 2 is 1.02 bits per heavy atom. The Labute approximate surface area is 666 Å². The zero-order valence-corrected chi connectivity index (χ0v) is 65.1. The van der Waals surface area contributed by atoms with Crippen LogP contribution in [-0.4, -0.2) is 218 Å². The second kappa shape index (κ2) is 44.5. The number of carbonyl (C=O) groups is 13. The first-order valence-corrected chi connectivity index (χ1v) is 40.2. The lowest BCUT2D eigenvalue weighted by Gasteiger charge is -2.29. The Balaban J connectivity index is 1.25. The van der Waals surface area contributed by atoms with Crippen LogP contribution in [0, 0.1) is 0 Å². The zero-order chi connectivity index (χ0) is 82.4. The van der Waals surface area contributed by atoms with Crippen molar-refractivity contribution in [3.8, 4) is 5.75 Å². The van der Waals surface area contributed by atoms with E-state index < -0.39 is 194 Å². The number of nitrogens with two attached hydrogens (primary N) is 2. The van der Waals surface area contributed by atoms with E-state index in [4.69, 9.17) is 11.5 Å². The number of hydrogen-bond acceptors (Lipinski definition) is 21. The minimum Gasteiger partial charge on any atom is -0.508 e. The number of phenols is 1. The van der Waals surface area contributed by atoms with Crippen LogP contribution in [0.1, 0.15) is 92.7 Å². The van der Waals surface area contributed by atoms with Gasteiger partial charge in [0.2, 0.25) is 70.9 Å². The molecule has 2 aliphatic rings. The fourth-order valence-electron chi connectivity index (χ4n) is 12.6. The highest BCUT2D eigenvalue weighted by molar-refractivity contribution is 8.76. The molecule has 33 nitrogen and oxygen atoms in total. The number of carboxylic acid groups (broad SMARTS) is 1. The van der Waals surface area contributed by atoms with Gasteiger partial charge in [-0.3, -0.25) is 57.5 Å². The number of aromatic hydroxyl groups is 1. The number of unbranched alkanes of at least 4 members (excludes halogenated alkanes) is 1. The van der Waals surface area contributed by atoms with Crippen molar-refractivity contribution in [2.45, 2.75) is 183 Å². The van der Waals surface area contributed by atoms with Crippen molar-refractivity contribution in [2.75, 3.05) is 31.2 Å². The van der Waals surface area contributed by atoms with Crippen molar-refractivity contribution in [1.82, 2.24) is 74.1 Å². The maximum Gasteiger partial charge on any atom is 0.327 e. The molecule has 0 unspecified atom stereocenters. The fraction of sp³-hybridized carbons (Fsp3) is 0.430. The van der Waals surface area contributed by atoms with Gasteiger partial charge in [-0.2, -0.15) is 0 Å². The fourth-order valence-corrected chi connectivity index (χ4v) is 14.9. The SMILES string of the molecule is CC(C)NCc1ccc(C[C@@H]2NC(=O)[C@@H](Cc3c[nH]c4ccccc34)NC(=O)[C@@H]3CCC(=O)NCC[C@H](NC(=O)[C@H](Cc4ccccc4)NC(=O)[C@H]([C@@H](C)O)NC2=O)C(=O)N[C@@H](CO)C(=O)N[C@H](C(=O)O)CSSC[C@H](NC(=O)[C@@H](N)Cc2ccc(O)cc2)C(=O)N[C@@H](CCCCN)C(=O)N[C@@H](Cc2ccccc2)C(=O)N3)cc1. The number of aliphatic hydroxyl groups excluding tert-OH is 2. The number of carbonyl (C=O) groups excluding carboxylic acids is 12. The van der Waals surface area contributed by atoms with Crippen molar-refractivity contribution < 1.29 is 82.8 Å². The molecule has 114 heavy (non-hydrogen) atoms. The molecule has 0 aliphatic carbocycles. The number of rotatable bonds is 22. The Kier molecular flexibility index (Phi) is 34.6. The third-order valence-corrected chi connectivity index (χ3v) is 21.5. The van der Waals surface area contributed by atoms with E-state index in [-0.39, 0.29) is 69.0 Å². The summed E-state index contributed by atoms with van der Waals surface area (Å²) in [5, 5.41) is 77.9. The monoisotopic (exact) mass is 1610 g/mol. The molecule has 612 valence electrons. The van der Waals surface area contributed by atoms with Gasteiger partial charge in [-0.15, -0.1) is 0 Å². The molecule has 2 bridgehead atoms. The summed E-state index contributed by atoms with van der Waals surface area (Å²) >= 11 is 0. The van der Waals surface area contributed by atoms with Gasteiger partial charge in [0.15, 0.2) is 0 Å². The Morgan fingerprint density at radius 1 is 0.526 bits per heavy atom. The molecule has 2 saturated heterocycles. The molecule has 22 N–H and O–H groups in total. The average Bonchev–Trinajstić information content (AvgIpc) is 1.66. The molecule has 12 amide bonds. The second-order valence-corrected chi connectivity index (χ2v) is 30.9. The number of fused-ring (bicyclic) bond motifs is 8. The van der Waals surface area contributed by atoms with Crippen molar-refractivity contribution in [3.63, 3.8) is 0 Å². The van der Waals surface area contributed by atoms with Gasteiger partial charge >= 0.3 is 5.97 Å². The number of aliphatic hydroxyl groups is 2. The van der Waals surface area contributed by atoms with Gasteiger partial charge in [-0.1, -0.05) is 151 Å². The highest BCUT2D eigenvalue weighted by atomic mass is 33.1. The van der Waals surface area contributed by atoms with Crippen LogP contribution in [0.4, 0.5) is 0 Å². The summed E-state index contributed by atoms with van der Waals surface area (Å²) in [5.41, 5.74) is 16.3. The molecule has 2 fully saturated rings. The first kappa shape index (κ1) is 88.6. The van der Waals surface area contributed by atoms with Crippen molar-refractivity contribution >= 4 is 109 Å². The highest BCUT2D eigenvalue weighted by Crippen LogP contribution is 2.25. The van der Waals surface area contributed by atoms with Crippen LogP contribution in [0.15, 0.2) is 140 Å². The van der Waals surface area contributed by atoms with E-state index in [1.165, 1.54) is 31.2 Å². The largest absolute Gasteiger partial charge is 0.508 e. The van der Waals surface area contributed by atoms with E-state index in [1.807, 2.05) is 26.0 Å². The minimum atomic E-state index is -1.94. The first-order valence-electron chi connectivity index (χ1n) is 37.7. The molecule has 1 aromatic heterocycles. The van der Waals surface area contributed by atoms with Crippen LogP contribution in [-0.2, 0) is 101 Å². The van der Waals surface area contributed by atoms with Crippen LogP contribution >= 0.6 is 21.6 Å². The predicted molar refractivity (Wildman–Crippen MR) is 427 cm³/mol. The Morgan fingerprint density at radius 3 is 1.61 bits per heavy atom. The molecule has 35 heteroatoms. The van der Waals surface area contributed by atoms with E-state index in [2.05, 4.69) is 74.1 Å². The molecule has 2 aliphatic heterocycles. The van der Waals surface area contributed by atoms with E-state index >= 15 is 24.0 Å². The zero-order valence-electron chi connectivity index (χ0n) is 63.5. The van der Waals surface area contributed by atoms with Crippen LogP contribution in [0.3, 0.4) is 0 Å². The van der Waals surface area contributed by atoms with Crippen LogP contribution in [0.2, 0.25) is 0 Å². The molecule has 0 radical (unpaired) electrons. The second-order valence-electron chi connectivity index (χ2n) is 28.4. The third-order valence-electron chi connectivity index (χ3n) is 19.0. The smallest absolute Gasteiger partial charge is 0.327 e. The number of aliphatic carboxylic acids is 1. The maximum absolute atomic E-state index is 15.6. The molecule has 8 rings (SSSR count). The third kappa shape index (κ3) is 27.7. The summed E-state index contributed by atoms with van der Waals surface area (Å²) in [6.45, 7) is 4.15. The van der Waals surface area contributed by atoms with E-state index in [9.17, 15) is 58.8 Å². The lowest BCUT2D eigenvalue weighted by molar-refractivity contribution is -0.142. The predicted octanol–water partition coefficient (Wildman–Crippen LogP) is -1.17. The van der Waals surface area contributed by atoms with Gasteiger partial charge in [0.05, 0.1) is 18.8 Å². The van der Waals surface area contributed by atoms with Crippen LogP contribution < -0.4 is 80.6 Å². The number of nitrogens with one attached hydrogen (secondary N) is 14. The average molecular weight is 1610 g/mol. The maximum atomic E-state index is 15.6. The van der Waals surface area contributed by atoms with Gasteiger partial charge in [0, 0.05) is 79.8 Å². The van der Waals surface area contributed by atoms with Gasteiger partial charge in [0.25, 0.3) is 0 Å². The van der Waals surface area contributed by atoms with E-state index in [0.717, 1.165) is 27.2 Å². The van der Waals surface area contributed by atoms with Gasteiger partial charge < -0.3 is 106 Å². The van der Waals surface area contributed by atoms with Crippen LogP contribution in [0.5, 0.6) is 5.75 Å². The quantitative estimate of drug-likeness (QED) is 0.0281. The summed E-state index contributed by atoms with van der Waals surface area (Å²) < 4.78 is 0. The summed E-state index contributed by atoms with van der Waals surface area (Å²) in [6.07, 6.45) is -2.53. The number of H-pyrrole nitrogens is 1. The molecular weight excluding hydrogens is 1510 g/mol. The molecule has 0 saturated carbocycles. The Hall–Kier alpha value is -11.0. The highest BCUT2D eigenvalue weighted by Gasteiger charge is 2.39. The van der Waals surface area contributed by atoms with Crippen molar-refractivity contribution in [2.24, 2.45) is 11.5 Å². The Bertz CT molecular complexity index is 4280. The number of hydrogen-bond donors (Lipinski definition) is 20. The lowest BCUT2D eigenvalue weighted by atomic mass is 9.99. The lowest BCUT2D eigenvalue weighted by Crippen LogP contribution is -2.63. The first-order chi connectivity index (χ1) is 54.6. The normalized spacial score (nSPS) is 23.5. The molecule has 13 atom stereocenters. The van der Waals surface area contributed by atoms with Gasteiger partial charge in [0.1, 0.15) is 72.2 Å². The summed E-state index contributed by atoms with van der Waals surface area (Å²) in [4.78, 5) is 195. The minimum absolute atomic E-state index is 0.0524. The molecular formula is C79H102N16O17S2. The number of aromatic amines is 1. The number of carboxylic acids is 1. The number of benzene rings is 5. The standard InChI is InChI=1S/C79H102N16O17S2/c1-44(2)83-39-50-23-21-49(22-24-50)37-61-75(107)95-67(45(3)97)78(110)91-60(36-47-16-8-5-9-17-47)73(105)87-58-31-33-82-66(99)30-29-57(70(102)90-62(74(106)89-61)38-51-40-84-55-19-11-10-18-53(51)55)86-72(104)59(35-46-14-6-4-7-15-46)88-69(101)56(20-12-13-32-80)85-77(109)64(93-68(100)54(81)34-48-25-27-52(98)28-26-48)42-113-114-43-65(79(111)112)94-76(108)63(41-96)92-71(58)103/h4-11,14-19,21-28,40,44-45,54,56-65,67,83-84,96-98H,12-13,20,29-39,41-43,80-81H2,1-3H3,(H,82,99)(H,85,109)(H,86,104)(H,87,105)(H,88,101)(H,89,106)(H,90,102)(H,91,110)(H,92,103)(H,93,100)(H,94,108)(H,95,107)(H,111,112)/t45-,54+,56+,57+,58+,59+,60+,61+,62-,63+,64+,65+,67+/m1/s1. The van der Waals surface area contributed by atoms with E-state index in [1.54, 1.807) is 103 Å². The van der Waals surface area contributed by atoms with Crippen molar-refractivity contribution in [3.05, 3.63) is 173 Å². The van der Waals surface area contributed by atoms with Crippen LogP contribution in [0.25, 0.3) is 10.9 Å². The summed E-state index contributed by atoms with van der Waals surface area (Å²) in [7, 11) is 1.67. The van der Waals surface area contributed by atoms with E-state index in [0.29, 0.717) is 51.7 Å². The molecule has 0 spiro atoms. The number of aromatic nitrogens is 1. The van der Waals surface area contributed by atoms with Gasteiger partial charge in [-0.05, 0) is 104 Å². The topological polar surface area (TPSA) is 527 Å². The number of amides is 12. The number of phenolic OH excluding ortho intramolecular Hbond substituents is 1. The summed E-state index contributed by atoms with van der Waals surface area (Å²) in [6, 6.07) is 16.7. The van der Waals surface area contributed by atoms with Gasteiger partial charge in [-0.25, -0.2) is 4.79 Å². The summed E-state index contributed by atoms with van der Waals surface area (Å²) in [5.74, 6) is -14.7.